The van der Waals surface area contributed by atoms with Gasteiger partial charge in [-0.05, 0) is 36.1 Å². The standard InChI is InChI=1S/C24H27N3O5/c1-14-8-9-17(10-15(14)2)12-20(24(31)32)25-21(28)13-19-23(30)26-18(22(29)27-19)11-16-6-4-3-5-7-16/h3-10,18-20H,11-13H2,1-2H3,(H,25,28)(H,26,30)(H,27,29)(H,31,32)/t18-,19-,20-/m0/s1. The van der Waals surface area contributed by atoms with Gasteiger partial charge >= 0.3 is 5.97 Å². The first-order valence-corrected chi connectivity index (χ1v) is 10.5. The molecule has 168 valence electrons. The Balaban J connectivity index is 1.57. The molecule has 0 aliphatic carbocycles. The number of carbonyl (C=O) groups is 4. The minimum absolute atomic E-state index is 0.116. The van der Waals surface area contributed by atoms with Crippen molar-refractivity contribution in [2.24, 2.45) is 0 Å². The number of piperazine rings is 1. The second kappa shape index (κ2) is 10.1. The zero-order chi connectivity index (χ0) is 23.3. The van der Waals surface area contributed by atoms with Gasteiger partial charge in [0, 0.05) is 12.8 Å². The molecule has 3 rings (SSSR count). The van der Waals surface area contributed by atoms with Crippen molar-refractivity contribution in [2.45, 2.75) is 51.2 Å². The molecule has 0 saturated carbocycles. The first-order valence-electron chi connectivity index (χ1n) is 10.5. The lowest BCUT2D eigenvalue weighted by Crippen LogP contribution is -2.63. The van der Waals surface area contributed by atoms with Crippen LogP contribution >= 0.6 is 0 Å². The summed E-state index contributed by atoms with van der Waals surface area (Å²) in [5, 5.41) is 17.2. The smallest absolute Gasteiger partial charge is 0.326 e. The summed E-state index contributed by atoms with van der Waals surface area (Å²) in [5.74, 6) is -2.64. The van der Waals surface area contributed by atoms with E-state index in [9.17, 15) is 24.3 Å². The SMILES string of the molecule is Cc1ccc(C[C@H](NC(=O)C[C@@H]2NC(=O)[C@H](Cc3ccccc3)NC2=O)C(=O)O)cc1C. The van der Waals surface area contributed by atoms with Crippen molar-refractivity contribution >= 4 is 23.7 Å². The number of carboxylic acids is 1. The molecule has 32 heavy (non-hydrogen) atoms. The van der Waals surface area contributed by atoms with E-state index in [-0.39, 0.29) is 18.7 Å². The Labute approximate surface area is 186 Å². The fraction of sp³-hybridized carbons (Fsp3) is 0.333. The van der Waals surface area contributed by atoms with Crippen molar-refractivity contribution < 1.29 is 24.3 Å². The number of benzene rings is 2. The number of amides is 3. The average molecular weight is 437 g/mol. The third-order valence-electron chi connectivity index (χ3n) is 5.58. The molecule has 2 aromatic carbocycles. The predicted molar refractivity (Wildman–Crippen MR) is 118 cm³/mol. The molecule has 1 saturated heterocycles. The molecule has 3 atom stereocenters. The predicted octanol–water partition coefficient (Wildman–Crippen LogP) is 1.03. The van der Waals surface area contributed by atoms with E-state index in [4.69, 9.17) is 0 Å². The molecule has 0 bridgehead atoms. The van der Waals surface area contributed by atoms with Gasteiger partial charge in [-0.15, -0.1) is 0 Å². The van der Waals surface area contributed by atoms with E-state index >= 15 is 0 Å². The molecule has 1 heterocycles. The molecular formula is C24H27N3O5. The summed E-state index contributed by atoms with van der Waals surface area (Å²) < 4.78 is 0. The fourth-order valence-electron chi connectivity index (χ4n) is 3.62. The van der Waals surface area contributed by atoms with E-state index in [1.807, 2.05) is 62.4 Å². The lowest BCUT2D eigenvalue weighted by Gasteiger charge is -2.29. The third kappa shape index (κ3) is 5.94. The number of aliphatic carboxylic acids is 1. The van der Waals surface area contributed by atoms with Gasteiger partial charge in [-0.25, -0.2) is 4.79 Å². The zero-order valence-electron chi connectivity index (χ0n) is 18.1. The monoisotopic (exact) mass is 437 g/mol. The number of nitrogens with one attached hydrogen (secondary N) is 3. The van der Waals surface area contributed by atoms with Crippen molar-refractivity contribution in [1.29, 1.82) is 0 Å². The molecule has 0 spiro atoms. The first-order chi connectivity index (χ1) is 15.2. The molecule has 3 amide bonds. The Morgan fingerprint density at radius 3 is 2.25 bits per heavy atom. The summed E-state index contributed by atoms with van der Waals surface area (Å²) in [6.45, 7) is 3.89. The van der Waals surface area contributed by atoms with Gasteiger partial charge in [0.25, 0.3) is 0 Å². The lowest BCUT2D eigenvalue weighted by atomic mass is 9.99. The van der Waals surface area contributed by atoms with E-state index in [0.29, 0.717) is 6.42 Å². The van der Waals surface area contributed by atoms with Crippen LogP contribution in [0.4, 0.5) is 0 Å². The van der Waals surface area contributed by atoms with Crippen LogP contribution in [0.1, 0.15) is 28.7 Å². The Hall–Kier alpha value is -3.68. The summed E-state index contributed by atoms with van der Waals surface area (Å²) in [5.41, 5.74) is 3.81. The maximum atomic E-state index is 12.5. The molecule has 1 fully saturated rings. The Bertz CT molecular complexity index is 1020. The van der Waals surface area contributed by atoms with Crippen molar-refractivity contribution in [1.82, 2.24) is 16.0 Å². The van der Waals surface area contributed by atoms with Crippen molar-refractivity contribution in [3.63, 3.8) is 0 Å². The second-order valence-corrected chi connectivity index (χ2v) is 8.10. The molecule has 0 unspecified atom stereocenters. The topological polar surface area (TPSA) is 125 Å². The molecule has 1 aliphatic heterocycles. The number of hydrogen-bond acceptors (Lipinski definition) is 4. The summed E-state index contributed by atoms with van der Waals surface area (Å²) in [6, 6.07) is 12.0. The van der Waals surface area contributed by atoms with Crippen molar-refractivity contribution in [3.05, 3.63) is 70.8 Å². The minimum Gasteiger partial charge on any atom is -0.480 e. The summed E-state index contributed by atoms with van der Waals surface area (Å²) in [6.07, 6.45) is 0.116. The molecule has 4 N–H and O–H groups in total. The van der Waals surface area contributed by atoms with E-state index in [2.05, 4.69) is 16.0 Å². The Morgan fingerprint density at radius 1 is 0.938 bits per heavy atom. The summed E-state index contributed by atoms with van der Waals surface area (Å²) >= 11 is 0. The quantitative estimate of drug-likeness (QED) is 0.491. The summed E-state index contributed by atoms with van der Waals surface area (Å²) in [4.78, 5) is 49.0. The number of aryl methyl sites for hydroxylation is 2. The fourth-order valence-corrected chi connectivity index (χ4v) is 3.62. The molecule has 8 heteroatoms. The van der Waals surface area contributed by atoms with E-state index < -0.39 is 35.9 Å². The lowest BCUT2D eigenvalue weighted by molar-refractivity contribution is -0.142. The van der Waals surface area contributed by atoms with Gasteiger partial charge in [0.15, 0.2) is 0 Å². The highest BCUT2D eigenvalue weighted by atomic mass is 16.4. The van der Waals surface area contributed by atoms with Crippen LogP contribution in [0.25, 0.3) is 0 Å². The molecule has 2 aromatic rings. The Kier molecular flexibility index (Phi) is 7.25. The van der Waals surface area contributed by atoms with Crippen LogP contribution < -0.4 is 16.0 Å². The van der Waals surface area contributed by atoms with Gasteiger partial charge in [0.05, 0.1) is 6.42 Å². The van der Waals surface area contributed by atoms with Crippen LogP contribution in [0.2, 0.25) is 0 Å². The molecule has 8 nitrogen and oxygen atoms in total. The maximum absolute atomic E-state index is 12.5. The largest absolute Gasteiger partial charge is 0.480 e. The van der Waals surface area contributed by atoms with E-state index in [1.54, 1.807) is 0 Å². The highest BCUT2D eigenvalue weighted by Crippen LogP contribution is 2.13. The van der Waals surface area contributed by atoms with Gasteiger partial charge in [0.2, 0.25) is 17.7 Å². The molecule has 0 radical (unpaired) electrons. The van der Waals surface area contributed by atoms with Crippen molar-refractivity contribution in [2.75, 3.05) is 0 Å². The highest BCUT2D eigenvalue weighted by molar-refractivity contribution is 5.99. The van der Waals surface area contributed by atoms with Crippen LogP contribution in [0.15, 0.2) is 48.5 Å². The molecular weight excluding hydrogens is 410 g/mol. The zero-order valence-corrected chi connectivity index (χ0v) is 18.1. The van der Waals surface area contributed by atoms with Crippen LogP contribution in [0.3, 0.4) is 0 Å². The third-order valence-corrected chi connectivity index (χ3v) is 5.58. The maximum Gasteiger partial charge on any atom is 0.326 e. The highest BCUT2D eigenvalue weighted by Gasteiger charge is 2.35. The number of carbonyl (C=O) groups excluding carboxylic acids is 3. The normalized spacial score (nSPS) is 18.9. The summed E-state index contributed by atoms with van der Waals surface area (Å²) in [7, 11) is 0. The number of rotatable bonds is 8. The number of carboxylic acid groups (broad SMARTS) is 1. The molecule has 1 aliphatic rings. The minimum atomic E-state index is -1.17. The van der Waals surface area contributed by atoms with E-state index in [1.165, 1.54) is 0 Å². The Morgan fingerprint density at radius 2 is 1.59 bits per heavy atom. The van der Waals surface area contributed by atoms with Crippen LogP contribution in [-0.4, -0.2) is 46.9 Å². The van der Waals surface area contributed by atoms with Gasteiger partial charge in [-0.3, -0.25) is 14.4 Å². The average Bonchev–Trinajstić information content (AvgIpc) is 2.74. The number of hydrogen-bond donors (Lipinski definition) is 4. The van der Waals surface area contributed by atoms with E-state index in [0.717, 1.165) is 22.3 Å². The van der Waals surface area contributed by atoms with Crippen LogP contribution in [0.5, 0.6) is 0 Å². The van der Waals surface area contributed by atoms with Gasteiger partial charge in [0.1, 0.15) is 18.1 Å². The van der Waals surface area contributed by atoms with Gasteiger partial charge < -0.3 is 21.1 Å². The van der Waals surface area contributed by atoms with Crippen LogP contribution in [0, 0.1) is 13.8 Å². The van der Waals surface area contributed by atoms with Gasteiger partial charge in [-0.2, -0.15) is 0 Å². The second-order valence-electron chi connectivity index (χ2n) is 8.10. The van der Waals surface area contributed by atoms with Crippen molar-refractivity contribution in [3.8, 4) is 0 Å². The van der Waals surface area contributed by atoms with Crippen LogP contribution in [-0.2, 0) is 32.0 Å². The molecule has 0 aromatic heterocycles. The first kappa shape index (κ1) is 23.0. The van der Waals surface area contributed by atoms with Gasteiger partial charge in [-0.1, -0.05) is 48.5 Å².